The van der Waals surface area contributed by atoms with E-state index in [0.29, 0.717) is 49.4 Å². The zero-order valence-corrected chi connectivity index (χ0v) is 18.0. The Labute approximate surface area is 190 Å². The summed E-state index contributed by atoms with van der Waals surface area (Å²) in [4.78, 5) is 34.7. The largest absolute Gasteiger partial charge is 0.366 e. The van der Waals surface area contributed by atoms with Gasteiger partial charge < -0.3 is 14.4 Å². The fraction of sp³-hybridized carbons (Fsp3) is 0.192. The number of carbonyl (C=O) groups excluding carboxylic acids is 1. The van der Waals surface area contributed by atoms with Crippen molar-refractivity contribution in [2.45, 2.75) is 6.54 Å². The molecule has 0 saturated carbocycles. The van der Waals surface area contributed by atoms with E-state index in [0.717, 1.165) is 5.56 Å². The molecule has 1 aliphatic rings. The summed E-state index contributed by atoms with van der Waals surface area (Å²) < 4.78 is 15.8. The Morgan fingerprint density at radius 1 is 0.848 bits per heavy atom. The SMILES string of the molecule is O=C(c1nc2ccccc2n(Cc2ccccc2)c1=O)N1CCN(c2ccccc2F)CC1. The van der Waals surface area contributed by atoms with Crippen molar-refractivity contribution in [1.29, 1.82) is 0 Å². The Bertz CT molecular complexity index is 1360. The van der Waals surface area contributed by atoms with E-state index in [1.54, 1.807) is 27.7 Å². The van der Waals surface area contributed by atoms with Gasteiger partial charge in [0.15, 0.2) is 5.69 Å². The normalized spacial score (nSPS) is 14.0. The monoisotopic (exact) mass is 442 g/mol. The summed E-state index contributed by atoms with van der Waals surface area (Å²) in [7, 11) is 0. The number of aromatic nitrogens is 2. The molecule has 5 rings (SSSR count). The van der Waals surface area contributed by atoms with Gasteiger partial charge in [-0.15, -0.1) is 0 Å². The molecule has 0 spiro atoms. The Morgan fingerprint density at radius 2 is 1.52 bits per heavy atom. The molecule has 3 aromatic carbocycles. The first kappa shape index (κ1) is 20.9. The Hall–Kier alpha value is -4.00. The van der Waals surface area contributed by atoms with Crippen LogP contribution in [0.3, 0.4) is 0 Å². The highest BCUT2D eigenvalue weighted by molar-refractivity contribution is 5.94. The van der Waals surface area contributed by atoms with Crippen LogP contribution in [0.4, 0.5) is 10.1 Å². The summed E-state index contributed by atoms with van der Waals surface area (Å²) in [6, 6.07) is 23.6. The van der Waals surface area contributed by atoms with Gasteiger partial charge in [-0.3, -0.25) is 9.59 Å². The minimum atomic E-state index is -0.404. The van der Waals surface area contributed by atoms with Crippen LogP contribution in [-0.2, 0) is 6.54 Å². The number of para-hydroxylation sites is 3. The number of amides is 1. The molecule has 0 unspecified atom stereocenters. The molecule has 6 nitrogen and oxygen atoms in total. The Balaban J connectivity index is 1.44. The van der Waals surface area contributed by atoms with Crippen molar-refractivity contribution >= 4 is 22.6 Å². The summed E-state index contributed by atoms with van der Waals surface area (Å²) in [6.45, 7) is 2.10. The zero-order valence-electron chi connectivity index (χ0n) is 18.0. The predicted octanol–water partition coefficient (Wildman–Crippen LogP) is 3.55. The van der Waals surface area contributed by atoms with Crippen LogP contribution in [-0.4, -0.2) is 46.5 Å². The summed E-state index contributed by atoms with van der Waals surface area (Å²) in [5.74, 6) is -0.669. The number of nitrogens with zero attached hydrogens (tertiary/aromatic N) is 4. The van der Waals surface area contributed by atoms with E-state index < -0.39 is 5.56 Å². The lowest BCUT2D eigenvalue weighted by Crippen LogP contribution is -2.50. The van der Waals surface area contributed by atoms with Gasteiger partial charge in [-0.2, -0.15) is 0 Å². The molecule has 7 heteroatoms. The minimum absolute atomic E-state index is 0.0797. The lowest BCUT2D eigenvalue weighted by Gasteiger charge is -2.36. The predicted molar refractivity (Wildman–Crippen MR) is 126 cm³/mol. The van der Waals surface area contributed by atoms with Gasteiger partial charge in [-0.1, -0.05) is 54.6 Å². The van der Waals surface area contributed by atoms with E-state index in [1.807, 2.05) is 59.5 Å². The van der Waals surface area contributed by atoms with Crippen molar-refractivity contribution in [2.75, 3.05) is 31.1 Å². The van der Waals surface area contributed by atoms with Crippen LogP contribution in [0, 0.1) is 5.82 Å². The third-order valence-corrected chi connectivity index (χ3v) is 6.00. The molecule has 1 amide bonds. The number of fused-ring (bicyclic) bond motifs is 1. The Kier molecular flexibility index (Phi) is 5.60. The van der Waals surface area contributed by atoms with Crippen LogP contribution >= 0.6 is 0 Å². The van der Waals surface area contributed by atoms with Crippen molar-refractivity contribution in [3.05, 3.63) is 106 Å². The average Bonchev–Trinajstić information content (AvgIpc) is 2.86. The lowest BCUT2D eigenvalue weighted by molar-refractivity contribution is 0.0738. The van der Waals surface area contributed by atoms with Gasteiger partial charge in [0.2, 0.25) is 0 Å². The fourth-order valence-electron chi connectivity index (χ4n) is 4.26. The first-order valence-corrected chi connectivity index (χ1v) is 10.9. The van der Waals surface area contributed by atoms with Crippen LogP contribution in [0.1, 0.15) is 16.1 Å². The maximum atomic E-state index is 14.1. The van der Waals surface area contributed by atoms with Gasteiger partial charge in [-0.05, 0) is 29.8 Å². The van der Waals surface area contributed by atoms with E-state index in [2.05, 4.69) is 4.98 Å². The molecule has 1 saturated heterocycles. The molecule has 0 atom stereocenters. The van der Waals surface area contributed by atoms with E-state index in [-0.39, 0.29) is 17.4 Å². The highest BCUT2D eigenvalue weighted by Gasteiger charge is 2.27. The molecule has 0 radical (unpaired) electrons. The topological polar surface area (TPSA) is 58.4 Å². The molecule has 0 aliphatic carbocycles. The summed E-state index contributed by atoms with van der Waals surface area (Å²) in [5.41, 5.74) is 2.29. The second-order valence-electron chi connectivity index (χ2n) is 8.06. The zero-order chi connectivity index (χ0) is 22.8. The smallest absolute Gasteiger partial charge is 0.283 e. The van der Waals surface area contributed by atoms with Gasteiger partial charge >= 0.3 is 0 Å². The van der Waals surface area contributed by atoms with Gasteiger partial charge in [0.1, 0.15) is 5.82 Å². The minimum Gasteiger partial charge on any atom is -0.366 e. The maximum Gasteiger partial charge on any atom is 0.283 e. The van der Waals surface area contributed by atoms with Crippen molar-refractivity contribution < 1.29 is 9.18 Å². The average molecular weight is 442 g/mol. The number of benzene rings is 3. The summed E-state index contributed by atoms with van der Waals surface area (Å²) >= 11 is 0. The van der Waals surface area contributed by atoms with Crippen LogP contribution in [0.15, 0.2) is 83.7 Å². The molecule has 33 heavy (non-hydrogen) atoms. The summed E-state index contributed by atoms with van der Waals surface area (Å²) in [6.07, 6.45) is 0. The van der Waals surface area contributed by atoms with E-state index >= 15 is 0 Å². The lowest BCUT2D eigenvalue weighted by atomic mass is 10.2. The standard InChI is InChI=1S/C26H23FN4O2/c27-20-10-4-6-12-22(20)29-14-16-30(17-15-29)25(32)24-26(33)31(18-19-8-2-1-3-9-19)23-13-7-5-11-21(23)28-24/h1-13H,14-18H2. The Morgan fingerprint density at radius 3 is 2.27 bits per heavy atom. The third kappa shape index (κ3) is 4.09. The number of hydrogen-bond donors (Lipinski definition) is 0. The van der Waals surface area contributed by atoms with Gasteiger partial charge in [-0.25, -0.2) is 9.37 Å². The molecule has 4 aromatic rings. The number of anilines is 1. The molecule has 0 N–H and O–H groups in total. The van der Waals surface area contributed by atoms with Crippen molar-refractivity contribution in [3.8, 4) is 0 Å². The number of halogens is 1. The molecule has 0 bridgehead atoms. The first-order chi connectivity index (χ1) is 16.1. The van der Waals surface area contributed by atoms with E-state index in [9.17, 15) is 14.0 Å². The van der Waals surface area contributed by atoms with Crippen LogP contribution in [0.25, 0.3) is 11.0 Å². The highest BCUT2D eigenvalue weighted by Crippen LogP contribution is 2.21. The highest BCUT2D eigenvalue weighted by atomic mass is 19.1. The van der Waals surface area contributed by atoms with Crippen molar-refractivity contribution in [3.63, 3.8) is 0 Å². The molecule has 1 fully saturated rings. The van der Waals surface area contributed by atoms with E-state index in [4.69, 9.17) is 0 Å². The molecular weight excluding hydrogens is 419 g/mol. The number of rotatable bonds is 4. The molecule has 1 aromatic heterocycles. The summed E-state index contributed by atoms with van der Waals surface area (Å²) in [5, 5.41) is 0. The molecule has 2 heterocycles. The fourth-order valence-corrected chi connectivity index (χ4v) is 4.26. The van der Waals surface area contributed by atoms with E-state index in [1.165, 1.54) is 6.07 Å². The number of carbonyl (C=O) groups is 1. The quantitative estimate of drug-likeness (QED) is 0.485. The molecule has 166 valence electrons. The van der Waals surface area contributed by atoms with Crippen molar-refractivity contribution in [1.82, 2.24) is 14.5 Å². The van der Waals surface area contributed by atoms with Gasteiger partial charge in [0.05, 0.1) is 23.3 Å². The van der Waals surface area contributed by atoms with Gasteiger partial charge in [0, 0.05) is 26.2 Å². The first-order valence-electron chi connectivity index (χ1n) is 10.9. The second-order valence-corrected chi connectivity index (χ2v) is 8.06. The van der Waals surface area contributed by atoms with Crippen LogP contribution < -0.4 is 10.5 Å². The number of piperazine rings is 1. The molecular formula is C26H23FN4O2. The maximum absolute atomic E-state index is 14.1. The second kappa shape index (κ2) is 8.86. The van der Waals surface area contributed by atoms with Crippen LogP contribution in [0.5, 0.6) is 0 Å². The van der Waals surface area contributed by atoms with Crippen LogP contribution in [0.2, 0.25) is 0 Å². The third-order valence-electron chi connectivity index (χ3n) is 6.00. The van der Waals surface area contributed by atoms with Gasteiger partial charge in [0.25, 0.3) is 11.5 Å². The number of hydrogen-bond acceptors (Lipinski definition) is 4. The van der Waals surface area contributed by atoms with Crippen molar-refractivity contribution in [2.24, 2.45) is 0 Å². The molecule has 1 aliphatic heterocycles.